The van der Waals surface area contributed by atoms with Gasteiger partial charge in [0.1, 0.15) is 12.4 Å². The van der Waals surface area contributed by atoms with Crippen LogP contribution in [0.25, 0.3) is 0 Å². The van der Waals surface area contributed by atoms with E-state index in [0.717, 1.165) is 25.3 Å². The predicted octanol–water partition coefficient (Wildman–Crippen LogP) is 1.55. The normalized spacial score (nSPS) is 17.4. The van der Waals surface area contributed by atoms with Crippen LogP contribution >= 0.6 is 12.4 Å². The number of likely N-dealkylation sites (tertiary alicyclic amines) is 1. The highest BCUT2D eigenvalue weighted by molar-refractivity contribution is 5.94. The van der Waals surface area contributed by atoms with Crippen LogP contribution in [-0.4, -0.2) is 50.8 Å². The van der Waals surface area contributed by atoms with Gasteiger partial charge in [0, 0.05) is 25.8 Å². The topological polar surface area (TPSA) is 64.8 Å². The van der Waals surface area contributed by atoms with Gasteiger partial charge in [-0.1, -0.05) is 0 Å². The second kappa shape index (κ2) is 8.87. The summed E-state index contributed by atoms with van der Waals surface area (Å²) in [6.45, 7) is 3.27. The Morgan fingerprint density at radius 1 is 1.33 bits per heavy atom. The SMILES string of the molecule is COCCOc1ccc(C(=O)N2CCC(CN)C2)cc1.Cl. The van der Waals surface area contributed by atoms with Gasteiger partial charge in [0.2, 0.25) is 0 Å². The molecule has 1 amide bonds. The van der Waals surface area contributed by atoms with E-state index in [1.54, 1.807) is 19.2 Å². The molecule has 1 aromatic carbocycles. The zero-order valence-electron chi connectivity index (χ0n) is 12.3. The van der Waals surface area contributed by atoms with Gasteiger partial charge in [0.25, 0.3) is 5.91 Å². The molecule has 2 rings (SSSR count). The Hall–Kier alpha value is -1.30. The molecule has 0 bridgehead atoms. The minimum Gasteiger partial charge on any atom is -0.491 e. The summed E-state index contributed by atoms with van der Waals surface area (Å²) >= 11 is 0. The summed E-state index contributed by atoms with van der Waals surface area (Å²) in [4.78, 5) is 14.2. The summed E-state index contributed by atoms with van der Waals surface area (Å²) in [5, 5.41) is 0. The van der Waals surface area contributed by atoms with Gasteiger partial charge in [-0.05, 0) is 43.1 Å². The molecule has 118 valence electrons. The highest BCUT2D eigenvalue weighted by Crippen LogP contribution is 2.19. The number of benzene rings is 1. The summed E-state index contributed by atoms with van der Waals surface area (Å²) < 4.78 is 10.4. The second-order valence-corrected chi connectivity index (χ2v) is 5.01. The fraction of sp³-hybridized carbons (Fsp3) is 0.533. The van der Waals surface area contributed by atoms with Crippen LogP contribution in [0, 0.1) is 5.92 Å². The lowest BCUT2D eigenvalue weighted by atomic mass is 10.1. The van der Waals surface area contributed by atoms with Crippen molar-refractivity contribution in [2.45, 2.75) is 6.42 Å². The number of rotatable bonds is 6. The number of ether oxygens (including phenoxy) is 2. The minimum absolute atomic E-state index is 0. The van der Waals surface area contributed by atoms with Crippen molar-refractivity contribution in [2.75, 3.05) is 40.0 Å². The van der Waals surface area contributed by atoms with Crippen molar-refractivity contribution in [3.05, 3.63) is 29.8 Å². The average Bonchev–Trinajstić information content (AvgIpc) is 2.96. The molecule has 1 unspecified atom stereocenters. The van der Waals surface area contributed by atoms with Crippen molar-refractivity contribution < 1.29 is 14.3 Å². The fourth-order valence-electron chi connectivity index (χ4n) is 2.33. The van der Waals surface area contributed by atoms with Crippen LogP contribution in [0.3, 0.4) is 0 Å². The highest BCUT2D eigenvalue weighted by atomic mass is 35.5. The van der Waals surface area contributed by atoms with Gasteiger partial charge in [-0.25, -0.2) is 0 Å². The van der Waals surface area contributed by atoms with Gasteiger partial charge in [0.05, 0.1) is 6.61 Å². The van der Waals surface area contributed by atoms with Crippen molar-refractivity contribution >= 4 is 18.3 Å². The second-order valence-electron chi connectivity index (χ2n) is 5.01. The third kappa shape index (κ3) is 4.88. The molecular formula is C15H23ClN2O3. The molecular weight excluding hydrogens is 292 g/mol. The number of methoxy groups -OCH3 is 1. The van der Waals surface area contributed by atoms with Gasteiger partial charge < -0.3 is 20.1 Å². The van der Waals surface area contributed by atoms with Crippen molar-refractivity contribution in [3.63, 3.8) is 0 Å². The Morgan fingerprint density at radius 2 is 2.05 bits per heavy atom. The lowest BCUT2D eigenvalue weighted by Gasteiger charge is -2.16. The van der Waals surface area contributed by atoms with Gasteiger partial charge in [0.15, 0.2) is 0 Å². The Bertz CT molecular complexity index is 439. The molecule has 2 N–H and O–H groups in total. The summed E-state index contributed by atoms with van der Waals surface area (Å²) in [6, 6.07) is 7.25. The largest absolute Gasteiger partial charge is 0.491 e. The van der Waals surface area contributed by atoms with E-state index in [-0.39, 0.29) is 18.3 Å². The molecule has 1 heterocycles. The maximum absolute atomic E-state index is 12.3. The minimum atomic E-state index is 0. The standard InChI is InChI=1S/C15H22N2O3.ClH/c1-19-8-9-20-14-4-2-13(3-5-14)15(18)17-7-6-12(10-16)11-17;/h2-5,12H,6-11,16H2,1H3;1H. The summed E-state index contributed by atoms with van der Waals surface area (Å²) in [5.41, 5.74) is 6.34. The zero-order valence-corrected chi connectivity index (χ0v) is 13.1. The van der Waals surface area contributed by atoms with Crippen molar-refractivity contribution in [3.8, 4) is 5.75 Å². The molecule has 1 fully saturated rings. The van der Waals surface area contributed by atoms with Crippen LogP contribution in [0.4, 0.5) is 0 Å². The monoisotopic (exact) mass is 314 g/mol. The maximum Gasteiger partial charge on any atom is 0.253 e. The van der Waals surface area contributed by atoms with Crippen LogP contribution in [0.1, 0.15) is 16.8 Å². The average molecular weight is 315 g/mol. The molecule has 1 atom stereocenters. The fourth-order valence-corrected chi connectivity index (χ4v) is 2.33. The Balaban J connectivity index is 0.00000220. The van der Waals surface area contributed by atoms with Gasteiger partial charge in [-0.3, -0.25) is 4.79 Å². The molecule has 21 heavy (non-hydrogen) atoms. The summed E-state index contributed by atoms with van der Waals surface area (Å²) in [7, 11) is 1.63. The number of hydrogen-bond acceptors (Lipinski definition) is 4. The summed E-state index contributed by atoms with van der Waals surface area (Å²) in [5.74, 6) is 1.26. The van der Waals surface area contributed by atoms with E-state index in [1.807, 2.05) is 17.0 Å². The van der Waals surface area contributed by atoms with Crippen molar-refractivity contribution in [1.29, 1.82) is 0 Å². The first-order chi connectivity index (χ1) is 9.74. The lowest BCUT2D eigenvalue weighted by molar-refractivity contribution is 0.0787. The molecule has 5 nitrogen and oxygen atoms in total. The van der Waals surface area contributed by atoms with E-state index in [0.29, 0.717) is 31.2 Å². The van der Waals surface area contributed by atoms with Crippen LogP contribution in [0.5, 0.6) is 5.75 Å². The molecule has 0 aromatic heterocycles. The number of carbonyl (C=O) groups excluding carboxylic acids is 1. The number of nitrogens with two attached hydrogens (primary N) is 1. The molecule has 0 aliphatic carbocycles. The number of nitrogens with zero attached hydrogens (tertiary/aromatic N) is 1. The molecule has 1 aliphatic heterocycles. The highest BCUT2D eigenvalue weighted by Gasteiger charge is 2.25. The quantitative estimate of drug-likeness (QED) is 0.809. The van der Waals surface area contributed by atoms with Gasteiger partial charge in [-0.15, -0.1) is 12.4 Å². The molecule has 0 saturated carbocycles. The molecule has 1 saturated heterocycles. The van der Waals surface area contributed by atoms with Gasteiger partial charge >= 0.3 is 0 Å². The third-order valence-electron chi connectivity index (χ3n) is 3.56. The first kappa shape index (κ1) is 17.8. The van der Waals surface area contributed by atoms with Crippen LogP contribution < -0.4 is 10.5 Å². The lowest BCUT2D eigenvalue weighted by Crippen LogP contribution is -2.29. The van der Waals surface area contributed by atoms with Gasteiger partial charge in [-0.2, -0.15) is 0 Å². The zero-order chi connectivity index (χ0) is 14.4. The third-order valence-corrected chi connectivity index (χ3v) is 3.56. The van der Waals surface area contributed by atoms with Crippen molar-refractivity contribution in [2.24, 2.45) is 11.7 Å². The van der Waals surface area contributed by atoms with E-state index in [2.05, 4.69) is 0 Å². The number of carbonyl (C=O) groups is 1. The van der Waals surface area contributed by atoms with E-state index in [4.69, 9.17) is 15.2 Å². The Labute approximate surface area is 131 Å². The Kier molecular flexibility index (Phi) is 7.50. The molecule has 1 aromatic rings. The molecule has 0 spiro atoms. The van der Waals surface area contributed by atoms with Crippen molar-refractivity contribution in [1.82, 2.24) is 4.90 Å². The maximum atomic E-state index is 12.3. The van der Waals surface area contributed by atoms with Crippen LogP contribution in [0.2, 0.25) is 0 Å². The molecule has 6 heteroatoms. The van der Waals surface area contributed by atoms with E-state index in [9.17, 15) is 4.79 Å². The van der Waals surface area contributed by atoms with Crippen LogP contribution in [-0.2, 0) is 4.74 Å². The number of halogens is 1. The summed E-state index contributed by atoms with van der Waals surface area (Å²) in [6.07, 6.45) is 1.00. The predicted molar refractivity (Wildman–Crippen MR) is 84.1 cm³/mol. The van der Waals surface area contributed by atoms with Crippen LogP contribution in [0.15, 0.2) is 24.3 Å². The molecule has 0 radical (unpaired) electrons. The molecule has 1 aliphatic rings. The first-order valence-corrected chi connectivity index (χ1v) is 6.95. The van der Waals surface area contributed by atoms with E-state index in [1.165, 1.54) is 0 Å². The van der Waals surface area contributed by atoms with E-state index < -0.39 is 0 Å². The Morgan fingerprint density at radius 3 is 2.62 bits per heavy atom. The first-order valence-electron chi connectivity index (χ1n) is 6.95. The van der Waals surface area contributed by atoms with E-state index >= 15 is 0 Å². The smallest absolute Gasteiger partial charge is 0.253 e. The number of amides is 1. The number of hydrogen-bond donors (Lipinski definition) is 1.